The summed E-state index contributed by atoms with van der Waals surface area (Å²) in [5.74, 6) is 1.85. The minimum atomic E-state index is 0.600. The number of nitrogens with zero attached hydrogens (tertiary/aromatic N) is 3. The Labute approximate surface area is 317 Å². The van der Waals surface area contributed by atoms with Crippen molar-refractivity contribution in [3.8, 4) is 56.4 Å². The Morgan fingerprint density at radius 1 is 0.291 bits per heavy atom. The molecule has 11 rings (SSSR count). The molecule has 9 aromatic carbocycles. The maximum absolute atomic E-state index is 6.73. The van der Waals surface area contributed by atoms with Gasteiger partial charge in [-0.1, -0.05) is 170 Å². The van der Waals surface area contributed by atoms with Crippen molar-refractivity contribution in [3.63, 3.8) is 0 Å². The Hall–Kier alpha value is -7.43. The molecule has 2 aromatic heterocycles. The largest absolute Gasteiger partial charge is 0.456 e. The van der Waals surface area contributed by atoms with E-state index in [0.29, 0.717) is 17.5 Å². The van der Waals surface area contributed by atoms with Gasteiger partial charge in [0.05, 0.1) is 0 Å². The molecule has 256 valence electrons. The second-order valence-corrected chi connectivity index (χ2v) is 14.0. The highest BCUT2D eigenvalue weighted by Gasteiger charge is 2.21. The van der Waals surface area contributed by atoms with Crippen molar-refractivity contribution in [2.75, 3.05) is 0 Å². The van der Waals surface area contributed by atoms with Crippen LogP contribution in [0.2, 0.25) is 0 Å². The molecule has 0 spiro atoms. The van der Waals surface area contributed by atoms with Gasteiger partial charge in [-0.25, -0.2) is 15.0 Å². The van der Waals surface area contributed by atoms with Crippen LogP contribution >= 0.6 is 0 Å². The quantitative estimate of drug-likeness (QED) is 0.179. The summed E-state index contributed by atoms with van der Waals surface area (Å²) in [6.07, 6.45) is 0. The molecule has 0 aliphatic carbocycles. The van der Waals surface area contributed by atoms with Crippen LogP contribution in [-0.2, 0) is 0 Å². The number of hydrogen-bond acceptors (Lipinski definition) is 4. The van der Waals surface area contributed by atoms with E-state index in [-0.39, 0.29) is 0 Å². The molecule has 0 saturated heterocycles. The lowest BCUT2D eigenvalue weighted by Crippen LogP contribution is -2.00. The number of benzene rings is 9. The van der Waals surface area contributed by atoms with Crippen LogP contribution in [0.3, 0.4) is 0 Å². The first-order valence-corrected chi connectivity index (χ1v) is 18.5. The molecular weight excluding hydrogens is 671 g/mol. The van der Waals surface area contributed by atoms with Gasteiger partial charge in [-0.05, 0) is 72.8 Å². The fraction of sp³-hybridized carbons (Fsp3) is 0. The highest BCUT2D eigenvalue weighted by atomic mass is 16.3. The lowest BCUT2D eigenvalue weighted by Gasteiger charge is -2.12. The SMILES string of the molecule is c1ccc(-c2nc(-c3ccc4ccccc4c3)nc(-c3cccc4oc5cc(-c6ccc(-c7cccc8ccccc78)cc6)c6ccccc6c5c34)n2)cc1. The zero-order valence-corrected chi connectivity index (χ0v) is 29.6. The van der Waals surface area contributed by atoms with E-state index >= 15 is 0 Å². The molecule has 4 heteroatoms. The van der Waals surface area contributed by atoms with Crippen LogP contribution in [0.25, 0.3) is 111 Å². The fourth-order valence-electron chi connectivity index (χ4n) is 8.08. The second kappa shape index (κ2) is 12.6. The second-order valence-electron chi connectivity index (χ2n) is 14.0. The average Bonchev–Trinajstić information content (AvgIpc) is 3.65. The predicted octanol–water partition coefficient (Wildman–Crippen LogP) is 13.6. The Balaban J connectivity index is 1.10. The van der Waals surface area contributed by atoms with E-state index in [0.717, 1.165) is 65.9 Å². The van der Waals surface area contributed by atoms with Crippen molar-refractivity contribution in [2.24, 2.45) is 0 Å². The Kier molecular flexibility index (Phi) is 7.14. The third-order valence-electron chi connectivity index (χ3n) is 10.7. The minimum absolute atomic E-state index is 0.600. The van der Waals surface area contributed by atoms with Crippen molar-refractivity contribution in [1.29, 1.82) is 0 Å². The molecule has 0 amide bonds. The Morgan fingerprint density at radius 2 is 0.873 bits per heavy atom. The minimum Gasteiger partial charge on any atom is -0.456 e. The van der Waals surface area contributed by atoms with Crippen LogP contribution in [-0.4, -0.2) is 15.0 Å². The highest BCUT2D eigenvalue weighted by Crippen LogP contribution is 2.43. The molecular formula is C51H31N3O. The first-order valence-electron chi connectivity index (χ1n) is 18.5. The van der Waals surface area contributed by atoms with Gasteiger partial charge in [-0.2, -0.15) is 0 Å². The van der Waals surface area contributed by atoms with E-state index in [2.05, 4.69) is 146 Å². The molecule has 2 heterocycles. The van der Waals surface area contributed by atoms with Crippen molar-refractivity contribution in [3.05, 3.63) is 188 Å². The lowest BCUT2D eigenvalue weighted by molar-refractivity contribution is 0.669. The number of fused-ring (bicyclic) bond motifs is 7. The standard InChI is InChI=1S/C51H31N3O/c1-2-14-36(15-3-1)49-52-50(38-29-24-32-12-4-5-16-37(32)30-38)54-51(53-49)43-22-11-23-45-48(43)47-42-20-9-8-19-41(42)44(31-46(47)55-45)35-27-25-34(26-28-35)40-21-10-17-33-13-6-7-18-39(33)40/h1-31H. The van der Waals surface area contributed by atoms with Gasteiger partial charge in [0, 0.05) is 27.5 Å². The van der Waals surface area contributed by atoms with Gasteiger partial charge in [0.2, 0.25) is 0 Å². The number of furan rings is 1. The first-order chi connectivity index (χ1) is 27.2. The van der Waals surface area contributed by atoms with E-state index in [4.69, 9.17) is 19.4 Å². The van der Waals surface area contributed by atoms with Crippen molar-refractivity contribution in [2.45, 2.75) is 0 Å². The van der Waals surface area contributed by atoms with Crippen LogP contribution in [0.15, 0.2) is 192 Å². The summed E-state index contributed by atoms with van der Waals surface area (Å²) in [7, 11) is 0. The summed E-state index contributed by atoms with van der Waals surface area (Å²) in [5.41, 5.74) is 9.05. The monoisotopic (exact) mass is 701 g/mol. The summed E-state index contributed by atoms with van der Waals surface area (Å²) in [6.45, 7) is 0. The topological polar surface area (TPSA) is 51.8 Å². The van der Waals surface area contributed by atoms with E-state index < -0.39 is 0 Å². The predicted molar refractivity (Wildman–Crippen MR) is 227 cm³/mol. The molecule has 0 atom stereocenters. The van der Waals surface area contributed by atoms with Gasteiger partial charge in [0.25, 0.3) is 0 Å². The zero-order chi connectivity index (χ0) is 36.3. The third kappa shape index (κ3) is 5.26. The molecule has 0 unspecified atom stereocenters. The molecule has 55 heavy (non-hydrogen) atoms. The van der Waals surface area contributed by atoms with Crippen LogP contribution in [0.4, 0.5) is 0 Å². The normalized spacial score (nSPS) is 11.6. The van der Waals surface area contributed by atoms with Gasteiger partial charge in [-0.15, -0.1) is 0 Å². The molecule has 0 bridgehead atoms. The molecule has 4 nitrogen and oxygen atoms in total. The summed E-state index contributed by atoms with van der Waals surface area (Å²) in [5, 5.41) is 9.10. The number of rotatable bonds is 5. The van der Waals surface area contributed by atoms with Gasteiger partial charge in [-0.3, -0.25) is 0 Å². The average molecular weight is 702 g/mol. The third-order valence-corrected chi connectivity index (χ3v) is 10.7. The fourth-order valence-corrected chi connectivity index (χ4v) is 8.08. The van der Waals surface area contributed by atoms with Crippen molar-refractivity contribution in [1.82, 2.24) is 15.0 Å². The molecule has 0 N–H and O–H groups in total. The van der Waals surface area contributed by atoms with E-state index in [1.807, 2.05) is 42.5 Å². The maximum atomic E-state index is 6.73. The van der Waals surface area contributed by atoms with Crippen LogP contribution < -0.4 is 0 Å². The molecule has 11 aromatic rings. The molecule has 0 fully saturated rings. The summed E-state index contributed by atoms with van der Waals surface area (Å²) >= 11 is 0. The Morgan fingerprint density at radius 3 is 1.69 bits per heavy atom. The first kappa shape index (κ1) is 31.1. The van der Waals surface area contributed by atoms with E-state index in [9.17, 15) is 0 Å². The lowest BCUT2D eigenvalue weighted by atomic mass is 9.92. The number of hydrogen-bond donors (Lipinski definition) is 0. The van der Waals surface area contributed by atoms with Crippen molar-refractivity contribution < 1.29 is 4.42 Å². The smallest absolute Gasteiger partial charge is 0.164 e. The molecule has 0 aliphatic heterocycles. The summed E-state index contributed by atoms with van der Waals surface area (Å²) < 4.78 is 6.73. The van der Waals surface area contributed by atoms with Crippen LogP contribution in [0.1, 0.15) is 0 Å². The Bertz CT molecular complexity index is 3250. The summed E-state index contributed by atoms with van der Waals surface area (Å²) in [4.78, 5) is 15.3. The summed E-state index contributed by atoms with van der Waals surface area (Å²) in [6, 6.07) is 65.8. The van der Waals surface area contributed by atoms with Gasteiger partial charge < -0.3 is 4.42 Å². The molecule has 0 radical (unpaired) electrons. The van der Waals surface area contributed by atoms with E-state index in [1.165, 1.54) is 27.3 Å². The molecule has 0 aliphatic rings. The number of aromatic nitrogens is 3. The van der Waals surface area contributed by atoms with E-state index in [1.54, 1.807) is 0 Å². The van der Waals surface area contributed by atoms with Gasteiger partial charge >= 0.3 is 0 Å². The van der Waals surface area contributed by atoms with Gasteiger partial charge in [0.1, 0.15) is 11.2 Å². The van der Waals surface area contributed by atoms with Crippen molar-refractivity contribution >= 4 is 54.3 Å². The maximum Gasteiger partial charge on any atom is 0.164 e. The van der Waals surface area contributed by atoms with Gasteiger partial charge in [0.15, 0.2) is 17.5 Å². The van der Waals surface area contributed by atoms with Crippen LogP contribution in [0.5, 0.6) is 0 Å². The molecule has 0 saturated carbocycles. The van der Waals surface area contributed by atoms with Crippen LogP contribution in [0, 0.1) is 0 Å². The highest BCUT2D eigenvalue weighted by molar-refractivity contribution is 6.25. The zero-order valence-electron chi connectivity index (χ0n) is 29.6.